The Kier molecular flexibility index (Phi) is 3.50. The maximum absolute atomic E-state index is 11.4. The summed E-state index contributed by atoms with van der Waals surface area (Å²) < 4.78 is 6.04. The van der Waals surface area contributed by atoms with Crippen molar-refractivity contribution in [3.63, 3.8) is 0 Å². The number of hydrogen-bond acceptors (Lipinski definition) is 7. The summed E-state index contributed by atoms with van der Waals surface area (Å²) in [5.74, 6) is -0.683. The molecule has 0 bridgehead atoms. The van der Waals surface area contributed by atoms with Crippen molar-refractivity contribution in [3.05, 3.63) is 34.1 Å². The highest BCUT2D eigenvalue weighted by Gasteiger charge is 2.16. The third kappa shape index (κ3) is 2.91. The first-order valence-electron chi connectivity index (χ1n) is 5.38. The van der Waals surface area contributed by atoms with E-state index in [0.29, 0.717) is 6.54 Å². The van der Waals surface area contributed by atoms with E-state index in [4.69, 9.17) is 4.52 Å². The van der Waals surface area contributed by atoms with E-state index in [1.807, 2.05) is 0 Å². The zero-order valence-electron chi connectivity index (χ0n) is 9.94. The van der Waals surface area contributed by atoms with Crippen molar-refractivity contribution < 1.29 is 14.2 Å². The molecule has 0 saturated heterocycles. The molecule has 2 aromatic rings. The van der Waals surface area contributed by atoms with Crippen LogP contribution in [0.1, 0.15) is 23.4 Å². The summed E-state index contributed by atoms with van der Waals surface area (Å²) in [5.41, 5.74) is 0. The number of rotatable bonds is 5. The van der Waals surface area contributed by atoms with E-state index in [9.17, 15) is 14.9 Å². The minimum atomic E-state index is -0.604. The van der Waals surface area contributed by atoms with Crippen LogP contribution in [0.3, 0.4) is 0 Å². The smallest absolute Gasteiger partial charge is 0.358 e. The van der Waals surface area contributed by atoms with Crippen molar-refractivity contribution in [2.45, 2.75) is 13.5 Å². The van der Waals surface area contributed by atoms with E-state index in [0.717, 1.165) is 0 Å². The Bertz CT molecular complexity index is 603. The number of nitrogens with zero attached hydrogens (tertiary/aromatic N) is 5. The van der Waals surface area contributed by atoms with E-state index in [2.05, 4.69) is 20.6 Å². The van der Waals surface area contributed by atoms with Crippen LogP contribution in [0.2, 0.25) is 0 Å². The molecule has 2 aromatic heterocycles. The van der Waals surface area contributed by atoms with E-state index in [-0.39, 0.29) is 24.1 Å². The Morgan fingerprint density at radius 1 is 1.63 bits per heavy atom. The lowest BCUT2D eigenvalue weighted by Gasteiger charge is -1.93. The van der Waals surface area contributed by atoms with Crippen molar-refractivity contribution in [1.29, 1.82) is 0 Å². The molecule has 0 aliphatic rings. The number of hydrogen-bond donors (Lipinski definition) is 1. The van der Waals surface area contributed by atoms with Gasteiger partial charge in [0.15, 0.2) is 5.82 Å². The Hall–Kier alpha value is -2.78. The van der Waals surface area contributed by atoms with Crippen molar-refractivity contribution in [2.75, 3.05) is 6.54 Å². The van der Waals surface area contributed by atoms with Gasteiger partial charge in [0.05, 0.1) is 17.4 Å². The molecule has 10 nitrogen and oxygen atoms in total. The first-order valence-corrected chi connectivity index (χ1v) is 5.38. The van der Waals surface area contributed by atoms with Crippen molar-refractivity contribution >= 4 is 11.7 Å². The molecule has 1 amide bonds. The normalized spacial score (nSPS) is 10.4. The molecule has 2 rings (SSSR count). The molecule has 0 aliphatic carbocycles. The minimum absolute atomic E-state index is 0.0801. The van der Waals surface area contributed by atoms with Gasteiger partial charge in [-0.3, -0.25) is 4.79 Å². The summed E-state index contributed by atoms with van der Waals surface area (Å²) in [5, 5.41) is 20.3. The maximum Gasteiger partial charge on any atom is 0.389 e. The van der Waals surface area contributed by atoms with Crippen LogP contribution in [0.15, 0.2) is 16.8 Å². The Morgan fingerprint density at radius 3 is 3.05 bits per heavy atom. The molecule has 2 heterocycles. The molecule has 0 spiro atoms. The summed E-state index contributed by atoms with van der Waals surface area (Å²) in [7, 11) is 0. The standard InChI is InChI=1S/C9H10N6O4/c1-2-10-8(16)9-11-6(13-19-9)5-14-4-3-7(12-14)15(17)18/h3-4H,2,5H2,1H3,(H,10,16). The average Bonchev–Trinajstić information content (AvgIpc) is 2.99. The number of carbonyl (C=O) groups excluding carboxylic acids is 1. The van der Waals surface area contributed by atoms with Crippen LogP contribution in [0.25, 0.3) is 0 Å². The molecule has 1 N–H and O–H groups in total. The molecule has 10 heteroatoms. The first-order chi connectivity index (χ1) is 9.10. The number of carbonyl (C=O) groups is 1. The fourth-order valence-electron chi connectivity index (χ4n) is 1.33. The summed E-state index contributed by atoms with van der Waals surface area (Å²) in [4.78, 5) is 25.1. The van der Waals surface area contributed by atoms with Gasteiger partial charge in [0.2, 0.25) is 0 Å². The number of amides is 1. The second-order valence-electron chi connectivity index (χ2n) is 3.50. The van der Waals surface area contributed by atoms with Gasteiger partial charge in [-0.1, -0.05) is 5.16 Å². The third-order valence-electron chi connectivity index (χ3n) is 2.12. The van der Waals surface area contributed by atoms with E-state index >= 15 is 0 Å². The monoisotopic (exact) mass is 266 g/mol. The predicted octanol–water partition coefficient (Wildman–Crippen LogP) is -0.0277. The summed E-state index contributed by atoms with van der Waals surface area (Å²) in [6.07, 6.45) is 1.42. The SMILES string of the molecule is CCNC(=O)c1nc(Cn2ccc([N+](=O)[O-])n2)no1. The molecule has 0 radical (unpaired) electrons. The van der Waals surface area contributed by atoms with Crippen LogP contribution in [0.5, 0.6) is 0 Å². The largest absolute Gasteiger partial charge is 0.389 e. The van der Waals surface area contributed by atoms with Gasteiger partial charge in [-0.2, -0.15) is 9.67 Å². The highest BCUT2D eigenvalue weighted by atomic mass is 16.6. The molecular formula is C9H10N6O4. The molecule has 0 atom stereocenters. The molecule has 0 saturated carbocycles. The van der Waals surface area contributed by atoms with E-state index < -0.39 is 10.8 Å². The van der Waals surface area contributed by atoms with Gasteiger partial charge in [0.1, 0.15) is 6.54 Å². The van der Waals surface area contributed by atoms with Gasteiger partial charge in [0, 0.05) is 6.54 Å². The average molecular weight is 266 g/mol. The highest BCUT2D eigenvalue weighted by Crippen LogP contribution is 2.07. The Morgan fingerprint density at radius 2 is 2.42 bits per heavy atom. The van der Waals surface area contributed by atoms with Crippen LogP contribution < -0.4 is 5.32 Å². The molecule has 19 heavy (non-hydrogen) atoms. The lowest BCUT2D eigenvalue weighted by atomic mass is 10.5. The predicted molar refractivity (Wildman–Crippen MR) is 60.3 cm³/mol. The van der Waals surface area contributed by atoms with Crippen molar-refractivity contribution in [1.82, 2.24) is 25.2 Å². The van der Waals surface area contributed by atoms with Gasteiger partial charge >= 0.3 is 17.6 Å². The van der Waals surface area contributed by atoms with Crippen molar-refractivity contribution in [2.24, 2.45) is 0 Å². The molecule has 0 unspecified atom stereocenters. The molecule has 0 aliphatic heterocycles. The lowest BCUT2D eigenvalue weighted by Crippen LogP contribution is -2.23. The van der Waals surface area contributed by atoms with E-state index in [1.165, 1.54) is 16.9 Å². The number of nitro groups is 1. The minimum Gasteiger partial charge on any atom is -0.358 e. The van der Waals surface area contributed by atoms with Gasteiger partial charge < -0.3 is 20.0 Å². The second-order valence-corrected chi connectivity index (χ2v) is 3.50. The first kappa shape index (κ1) is 12.7. The van der Waals surface area contributed by atoms with Crippen molar-refractivity contribution in [3.8, 4) is 0 Å². The fraction of sp³-hybridized carbons (Fsp3) is 0.333. The second kappa shape index (κ2) is 5.25. The third-order valence-corrected chi connectivity index (χ3v) is 2.12. The zero-order valence-corrected chi connectivity index (χ0v) is 9.94. The molecular weight excluding hydrogens is 256 g/mol. The summed E-state index contributed by atoms with van der Waals surface area (Å²) in [6.45, 7) is 2.29. The molecule has 100 valence electrons. The maximum atomic E-state index is 11.4. The summed E-state index contributed by atoms with van der Waals surface area (Å²) >= 11 is 0. The van der Waals surface area contributed by atoms with Crippen LogP contribution in [-0.4, -0.2) is 37.3 Å². The topological polar surface area (TPSA) is 129 Å². The molecule has 0 aromatic carbocycles. The lowest BCUT2D eigenvalue weighted by molar-refractivity contribution is -0.389. The quantitative estimate of drug-likeness (QED) is 0.594. The number of nitrogens with one attached hydrogen (secondary N) is 1. The van der Waals surface area contributed by atoms with Gasteiger partial charge in [-0.25, -0.2) is 0 Å². The van der Waals surface area contributed by atoms with Crippen LogP contribution >= 0.6 is 0 Å². The van der Waals surface area contributed by atoms with Gasteiger partial charge in [-0.15, -0.1) is 0 Å². The van der Waals surface area contributed by atoms with Gasteiger partial charge in [0.25, 0.3) is 0 Å². The van der Waals surface area contributed by atoms with Crippen LogP contribution in [-0.2, 0) is 6.54 Å². The zero-order chi connectivity index (χ0) is 13.8. The van der Waals surface area contributed by atoms with E-state index in [1.54, 1.807) is 6.92 Å². The Balaban J connectivity index is 2.06. The molecule has 0 fully saturated rings. The Labute approximate surface area is 106 Å². The van der Waals surface area contributed by atoms with Crippen LogP contribution in [0.4, 0.5) is 5.82 Å². The van der Waals surface area contributed by atoms with Crippen LogP contribution in [0, 0.1) is 10.1 Å². The summed E-state index contributed by atoms with van der Waals surface area (Å²) in [6, 6.07) is 1.25. The highest BCUT2D eigenvalue weighted by molar-refractivity contribution is 5.89. The van der Waals surface area contributed by atoms with Gasteiger partial charge in [-0.05, 0) is 11.8 Å². The number of aromatic nitrogens is 4. The fourth-order valence-corrected chi connectivity index (χ4v) is 1.33.